The predicted octanol–water partition coefficient (Wildman–Crippen LogP) is 1.51. The lowest BCUT2D eigenvalue weighted by Gasteiger charge is -2.02. The largest absolute Gasteiger partial charge is 0.503 e. The topological polar surface area (TPSA) is 50.4 Å². The van der Waals surface area contributed by atoms with Crippen molar-refractivity contribution in [3.8, 4) is 5.75 Å². The van der Waals surface area contributed by atoms with Gasteiger partial charge in [0.15, 0.2) is 18.5 Å². The van der Waals surface area contributed by atoms with Crippen molar-refractivity contribution < 1.29 is 19.2 Å². The highest BCUT2D eigenvalue weighted by molar-refractivity contribution is 5.89. The van der Waals surface area contributed by atoms with Crippen LogP contribution < -0.4 is 4.57 Å². The summed E-state index contributed by atoms with van der Waals surface area (Å²) in [6.45, 7) is 0.583. The second-order valence-electron chi connectivity index (χ2n) is 3.93. The Hall–Kier alpha value is -2.36. The Morgan fingerprint density at radius 2 is 2.17 bits per heavy atom. The van der Waals surface area contributed by atoms with E-state index in [-0.39, 0.29) is 11.7 Å². The van der Waals surface area contributed by atoms with Gasteiger partial charge in [-0.2, -0.15) is 4.57 Å². The van der Waals surface area contributed by atoms with Gasteiger partial charge in [0.05, 0.1) is 12.7 Å². The van der Waals surface area contributed by atoms with Crippen molar-refractivity contribution in [2.24, 2.45) is 0 Å². The fraction of sp³-hybridized carbons (Fsp3) is 0.143. The summed E-state index contributed by atoms with van der Waals surface area (Å²) in [6, 6.07) is 10.6. The van der Waals surface area contributed by atoms with Crippen LogP contribution in [0.2, 0.25) is 0 Å². The van der Waals surface area contributed by atoms with E-state index in [1.165, 1.54) is 7.11 Å². The smallest absolute Gasteiger partial charge is 0.337 e. The van der Waals surface area contributed by atoms with Gasteiger partial charge in [0.1, 0.15) is 0 Å². The number of nitrogens with zero attached hydrogens (tertiary/aromatic N) is 1. The first kappa shape index (κ1) is 12.1. The number of aromatic hydroxyl groups is 1. The molecule has 1 heterocycles. The van der Waals surface area contributed by atoms with Crippen LogP contribution in [0.4, 0.5) is 0 Å². The molecule has 0 saturated heterocycles. The summed E-state index contributed by atoms with van der Waals surface area (Å²) < 4.78 is 6.51. The van der Waals surface area contributed by atoms with Gasteiger partial charge >= 0.3 is 5.97 Å². The van der Waals surface area contributed by atoms with Crippen LogP contribution in [0, 0.1) is 0 Å². The van der Waals surface area contributed by atoms with E-state index in [9.17, 15) is 9.90 Å². The predicted molar refractivity (Wildman–Crippen MR) is 65.2 cm³/mol. The zero-order chi connectivity index (χ0) is 13.0. The van der Waals surface area contributed by atoms with Crippen LogP contribution in [0.5, 0.6) is 5.75 Å². The van der Waals surface area contributed by atoms with Crippen molar-refractivity contribution in [2.75, 3.05) is 7.11 Å². The average Bonchev–Trinajstić information content (AvgIpc) is 2.38. The molecule has 0 aliphatic carbocycles. The van der Waals surface area contributed by atoms with Crippen LogP contribution >= 0.6 is 0 Å². The Morgan fingerprint density at radius 1 is 1.33 bits per heavy atom. The fourth-order valence-corrected chi connectivity index (χ4v) is 1.73. The van der Waals surface area contributed by atoms with E-state index in [4.69, 9.17) is 0 Å². The normalized spacial score (nSPS) is 10.1. The molecule has 1 aromatic carbocycles. The Balaban J connectivity index is 2.22. The minimum Gasteiger partial charge on any atom is -0.503 e. The van der Waals surface area contributed by atoms with Gasteiger partial charge < -0.3 is 9.84 Å². The lowest BCUT2D eigenvalue weighted by molar-refractivity contribution is -0.688. The number of carbonyl (C=O) groups excluding carboxylic acids is 1. The lowest BCUT2D eigenvalue weighted by Crippen LogP contribution is -2.32. The maximum absolute atomic E-state index is 11.4. The molecule has 0 radical (unpaired) electrons. The summed E-state index contributed by atoms with van der Waals surface area (Å²) in [5.74, 6) is -0.139. The third kappa shape index (κ3) is 2.85. The maximum Gasteiger partial charge on any atom is 0.337 e. The van der Waals surface area contributed by atoms with Gasteiger partial charge in [0, 0.05) is 11.6 Å². The van der Waals surface area contributed by atoms with Crippen molar-refractivity contribution >= 4 is 5.97 Å². The Labute approximate surface area is 105 Å². The summed E-state index contributed by atoms with van der Waals surface area (Å²) in [5.41, 5.74) is 1.49. The van der Waals surface area contributed by atoms with E-state index in [1.807, 2.05) is 22.9 Å². The second-order valence-corrected chi connectivity index (χ2v) is 3.93. The third-order valence-electron chi connectivity index (χ3n) is 2.56. The maximum atomic E-state index is 11.4. The van der Waals surface area contributed by atoms with Crippen molar-refractivity contribution in [1.82, 2.24) is 0 Å². The molecule has 92 valence electrons. The minimum atomic E-state index is -0.349. The first-order chi connectivity index (χ1) is 8.69. The number of benzene rings is 1. The van der Waals surface area contributed by atoms with Crippen molar-refractivity contribution in [2.45, 2.75) is 6.54 Å². The fourth-order valence-electron chi connectivity index (χ4n) is 1.73. The van der Waals surface area contributed by atoms with Gasteiger partial charge in [-0.05, 0) is 18.2 Å². The molecule has 0 atom stereocenters. The van der Waals surface area contributed by atoms with E-state index >= 15 is 0 Å². The van der Waals surface area contributed by atoms with Crippen molar-refractivity contribution in [1.29, 1.82) is 0 Å². The van der Waals surface area contributed by atoms with Gasteiger partial charge in [0.2, 0.25) is 6.20 Å². The van der Waals surface area contributed by atoms with Gasteiger partial charge in [-0.1, -0.05) is 12.1 Å². The summed E-state index contributed by atoms with van der Waals surface area (Å²) in [5, 5.41) is 9.38. The Bertz CT molecular complexity index is 566. The summed E-state index contributed by atoms with van der Waals surface area (Å²) in [4.78, 5) is 11.4. The molecule has 0 amide bonds. The minimum absolute atomic E-state index is 0.210. The summed E-state index contributed by atoms with van der Waals surface area (Å²) in [6.07, 6.45) is 3.48. The molecular weight excluding hydrogens is 230 g/mol. The highest BCUT2D eigenvalue weighted by Gasteiger charge is 2.08. The first-order valence-corrected chi connectivity index (χ1v) is 5.54. The van der Waals surface area contributed by atoms with Gasteiger partial charge in [0.25, 0.3) is 0 Å². The van der Waals surface area contributed by atoms with E-state index in [2.05, 4.69) is 4.74 Å². The molecular formula is C14H14NO3+. The SMILES string of the molecule is COC(=O)c1cccc(C[n+]2cccc(O)c2)c1. The summed E-state index contributed by atoms with van der Waals surface area (Å²) in [7, 11) is 1.36. The molecule has 0 unspecified atom stereocenters. The number of methoxy groups -OCH3 is 1. The van der Waals surface area contributed by atoms with Gasteiger partial charge in [-0.25, -0.2) is 4.79 Å². The zero-order valence-corrected chi connectivity index (χ0v) is 10.0. The van der Waals surface area contributed by atoms with Gasteiger partial charge in [-0.15, -0.1) is 0 Å². The van der Waals surface area contributed by atoms with E-state index in [1.54, 1.807) is 30.5 Å². The highest BCUT2D eigenvalue weighted by atomic mass is 16.5. The number of carbonyl (C=O) groups is 1. The van der Waals surface area contributed by atoms with E-state index < -0.39 is 0 Å². The average molecular weight is 244 g/mol. The van der Waals surface area contributed by atoms with Crippen LogP contribution in [0.25, 0.3) is 0 Å². The van der Waals surface area contributed by atoms with E-state index in [0.29, 0.717) is 12.1 Å². The standard InChI is InChI=1S/C14H13NO3/c1-18-14(17)12-5-2-4-11(8-12)9-15-7-3-6-13(16)10-15/h2-8,10H,9H2,1H3/p+1. The Kier molecular flexibility index (Phi) is 3.57. The lowest BCUT2D eigenvalue weighted by atomic mass is 10.1. The number of ether oxygens (including phenoxy) is 1. The van der Waals surface area contributed by atoms with E-state index in [0.717, 1.165) is 5.56 Å². The number of hydrogen-bond donors (Lipinski definition) is 1. The Morgan fingerprint density at radius 3 is 2.89 bits per heavy atom. The molecule has 18 heavy (non-hydrogen) atoms. The molecule has 0 bridgehead atoms. The van der Waals surface area contributed by atoms with Crippen LogP contribution in [0.15, 0.2) is 48.8 Å². The van der Waals surface area contributed by atoms with Crippen LogP contribution in [-0.2, 0) is 11.3 Å². The molecule has 0 saturated carbocycles. The number of rotatable bonds is 3. The van der Waals surface area contributed by atoms with Crippen LogP contribution in [-0.4, -0.2) is 18.2 Å². The quantitative estimate of drug-likeness (QED) is 0.657. The first-order valence-electron chi connectivity index (χ1n) is 5.54. The van der Waals surface area contributed by atoms with Gasteiger partial charge in [-0.3, -0.25) is 0 Å². The highest BCUT2D eigenvalue weighted by Crippen LogP contribution is 2.07. The van der Waals surface area contributed by atoms with Crippen molar-refractivity contribution in [3.05, 3.63) is 59.9 Å². The summed E-state index contributed by atoms with van der Waals surface area (Å²) >= 11 is 0. The van der Waals surface area contributed by atoms with Crippen molar-refractivity contribution in [3.63, 3.8) is 0 Å². The molecule has 0 aliphatic rings. The molecule has 0 fully saturated rings. The van der Waals surface area contributed by atoms with Crippen LogP contribution in [0.1, 0.15) is 15.9 Å². The molecule has 4 nitrogen and oxygen atoms in total. The molecule has 0 aliphatic heterocycles. The zero-order valence-electron chi connectivity index (χ0n) is 10.0. The third-order valence-corrected chi connectivity index (χ3v) is 2.56. The molecule has 2 rings (SSSR count). The number of hydrogen-bond acceptors (Lipinski definition) is 3. The molecule has 1 N–H and O–H groups in total. The molecule has 4 heteroatoms. The monoisotopic (exact) mass is 244 g/mol. The number of aromatic nitrogens is 1. The molecule has 1 aromatic heterocycles. The molecule has 0 spiro atoms. The number of esters is 1. The van der Waals surface area contributed by atoms with Crippen LogP contribution in [0.3, 0.4) is 0 Å². The number of pyridine rings is 1. The molecule has 2 aromatic rings. The second kappa shape index (κ2) is 5.31.